The van der Waals surface area contributed by atoms with Crippen LogP contribution in [0, 0.1) is 20.8 Å². The standard InChI is InChI=1S/C26H29ClN4O2/c1-6-33-21-10-11-22(23(15-21)32-5)31-17(3)24-16(2)29-30-26(25(24)18(31)4)28-13-12-19-8-7-9-20(27)14-19/h7-11,14-15H,6,12-13H2,1-5H3,(H,28,30). The highest BCUT2D eigenvalue weighted by Gasteiger charge is 2.21. The Morgan fingerprint density at radius 2 is 1.79 bits per heavy atom. The van der Waals surface area contributed by atoms with E-state index in [2.05, 4.69) is 40.0 Å². The van der Waals surface area contributed by atoms with E-state index in [0.717, 1.165) is 68.8 Å². The molecule has 0 aliphatic carbocycles. The van der Waals surface area contributed by atoms with Crippen molar-refractivity contribution in [2.75, 3.05) is 25.6 Å². The topological polar surface area (TPSA) is 61.2 Å². The van der Waals surface area contributed by atoms with Gasteiger partial charge in [0.05, 0.1) is 25.1 Å². The number of rotatable bonds is 8. The number of ether oxygens (including phenoxy) is 2. The second-order valence-corrected chi connectivity index (χ2v) is 8.40. The molecule has 0 amide bonds. The normalized spacial score (nSPS) is 11.1. The van der Waals surface area contributed by atoms with Crippen molar-refractivity contribution in [2.24, 2.45) is 0 Å². The third kappa shape index (κ3) is 4.48. The van der Waals surface area contributed by atoms with Crippen LogP contribution in [0.25, 0.3) is 16.5 Å². The molecule has 0 fully saturated rings. The van der Waals surface area contributed by atoms with E-state index in [4.69, 9.17) is 21.1 Å². The van der Waals surface area contributed by atoms with Crippen LogP contribution in [-0.2, 0) is 6.42 Å². The summed E-state index contributed by atoms with van der Waals surface area (Å²) in [5, 5.41) is 15.3. The number of fused-ring (bicyclic) bond motifs is 1. The van der Waals surface area contributed by atoms with Crippen molar-refractivity contribution in [1.82, 2.24) is 14.8 Å². The number of aryl methyl sites for hydroxylation is 3. The monoisotopic (exact) mass is 464 g/mol. The second kappa shape index (κ2) is 9.71. The highest BCUT2D eigenvalue weighted by molar-refractivity contribution is 6.30. The quantitative estimate of drug-likeness (QED) is 0.343. The molecule has 7 heteroatoms. The summed E-state index contributed by atoms with van der Waals surface area (Å²) < 4.78 is 13.6. The molecular formula is C26H29ClN4O2. The first kappa shape index (κ1) is 22.9. The molecule has 4 rings (SSSR count). The molecule has 0 bridgehead atoms. The number of benzene rings is 2. The molecule has 0 radical (unpaired) electrons. The van der Waals surface area contributed by atoms with Crippen LogP contribution in [0.3, 0.4) is 0 Å². The van der Waals surface area contributed by atoms with Gasteiger partial charge in [0.1, 0.15) is 11.5 Å². The summed E-state index contributed by atoms with van der Waals surface area (Å²) in [6.45, 7) is 9.51. The summed E-state index contributed by atoms with van der Waals surface area (Å²) >= 11 is 6.12. The van der Waals surface area contributed by atoms with Gasteiger partial charge in [-0.3, -0.25) is 0 Å². The lowest BCUT2D eigenvalue weighted by atomic mass is 10.1. The van der Waals surface area contributed by atoms with Crippen molar-refractivity contribution in [1.29, 1.82) is 0 Å². The Kier molecular flexibility index (Phi) is 6.75. The zero-order valence-corrected chi connectivity index (χ0v) is 20.5. The van der Waals surface area contributed by atoms with Crippen molar-refractivity contribution >= 4 is 28.2 Å². The van der Waals surface area contributed by atoms with Gasteiger partial charge in [0, 0.05) is 39.8 Å². The highest BCUT2D eigenvalue weighted by atomic mass is 35.5. The Morgan fingerprint density at radius 3 is 2.52 bits per heavy atom. The third-order valence-corrected chi connectivity index (χ3v) is 6.08. The van der Waals surface area contributed by atoms with Crippen LogP contribution >= 0.6 is 11.6 Å². The first-order chi connectivity index (χ1) is 15.9. The molecule has 0 saturated carbocycles. The number of methoxy groups -OCH3 is 1. The Labute approximate surface area is 199 Å². The summed E-state index contributed by atoms with van der Waals surface area (Å²) in [5.74, 6) is 2.32. The maximum Gasteiger partial charge on any atom is 0.158 e. The van der Waals surface area contributed by atoms with Gasteiger partial charge in [-0.1, -0.05) is 23.7 Å². The number of halogens is 1. The molecule has 0 aliphatic rings. The molecular weight excluding hydrogens is 436 g/mol. The lowest BCUT2D eigenvalue weighted by molar-refractivity contribution is 0.336. The van der Waals surface area contributed by atoms with Crippen LogP contribution in [-0.4, -0.2) is 35.0 Å². The van der Waals surface area contributed by atoms with E-state index in [9.17, 15) is 0 Å². The van der Waals surface area contributed by atoms with E-state index in [-0.39, 0.29) is 0 Å². The van der Waals surface area contributed by atoms with Gasteiger partial charge in [-0.25, -0.2) is 0 Å². The Bertz CT molecular complexity index is 1300. The van der Waals surface area contributed by atoms with Gasteiger partial charge in [-0.05, 0) is 63.9 Å². The largest absolute Gasteiger partial charge is 0.494 e. The Morgan fingerprint density at radius 1 is 1.00 bits per heavy atom. The Hall–Kier alpha value is -3.25. The van der Waals surface area contributed by atoms with Crippen LogP contribution < -0.4 is 14.8 Å². The molecule has 2 aromatic heterocycles. The van der Waals surface area contributed by atoms with E-state index in [1.165, 1.54) is 5.56 Å². The number of aromatic nitrogens is 3. The molecule has 0 atom stereocenters. The fourth-order valence-corrected chi connectivity index (χ4v) is 4.61. The molecule has 6 nitrogen and oxygen atoms in total. The van der Waals surface area contributed by atoms with E-state index >= 15 is 0 Å². The maximum atomic E-state index is 6.12. The lowest BCUT2D eigenvalue weighted by Gasteiger charge is -2.15. The lowest BCUT2D eigenvalue weighted by Crippen LogP contribution is -2.08. The van der Waals surface area contributed by atoms with Gasteiger partial charge in [-0.2, -0.15) is 5.10 Å². The second-order valence-electron chi connectivity index (χ2n) is 7.96. The van der Waals surface area contributed by atoms with E-state index in [0.29, 0.717) is 6.61 Å². The molecule has 0 aliphatic heterocycles. The molecule has 2 aromatic carbocycles. The summed E-state index contributed by atoms with van der Waals surface area (Å²) in [7, 11) is 1.68. The number of nitrogens with zero attached hydrogens (tertiary/aromatic N) is 3. The van der Waals surface area contributed by atoms with Crippen LogP contribution in [0.1, 0.15) is 29.6 Å². The van der Waals surface area contributed by atoms with Gasteiger partial charge in [0.25, 0.3) is 0 Å². The molecule has 0 unspecified atom stereocenters. The van der Waals surface area contributed by atoms with Crippen molar-refractivity contribution in [3.05, 3.63) is 70.1 Å². The third-order valence-electron chi connectivity index (χ3n) is 5.84. The number of hydrogen-bond acceptors (Lipinski definition) is 5. The number of nitrogens with one attached hydrogen (secondary N) is 1. The zero-order chi connectivity index (χ0) is 23.5. The van der Waals surface area contributed by atoms with Crippen LogP contribution in [0.5, 0.6) is 11.5 Å². The molecule has 0 saturated heterocycles. The number of hydrogen-bond donors (Lipinski definition) is 1. The van der Waals surface area contributed by atoms with Crippen molar-refractivity contribution in [3.8, 4) is 17.2 Å². The first-order valence-electron chi connectivity index (χ1n) is 11.1. The SMILES string of the molecule is CCOc1ccc(-n2c(C)c3c(C)nnc(NCCc4cccc(Cl)c4)c3c2C)c(OC)c1. The van der Waals surface area contributed by atoms with Gasteiger partial charge < -0.3 is 19.4 Å². The predicted octanol–water partition coefficient (Wildman–Crippen LogP) is 6.06. The summed E-state index contributed by atoms with van der Waals surface area (Å²) in [5.41, 5.74) is 5.20. The van der Waals surface area contributed by atoms with Crippen molar-refractivity contribution in [3.63, 3.8) is 0 Å². The van der Waals surface area contributed by atoms with E-state index in [1.54, 1.807) is 7.11 Å². The van der Waals surface area contributed by atoms with Gasteiger partial charge in [0.15, 0.2) is 5.82 Å². The van der Waals surface area contributed by atoms with E-state index in [1.807, 2.05) is 50.2 Å². The Balaban J connectivity index is 1.74. The summed E-state index contributed by atoms with van der Waals surface area (Å²) in [6, 6.07) is 13.9. The van der Waals surface area contributed by atoms with Gasteiger partial charge in [0.2, 0.25) is 0 Å². The zero-order valence-electron chi connectivity index (χ0n) is 19.7. The molecule has 172 valence electrons. The molecule has 2 heterocycles. The summed E-state index contributed by atoms with van der Waals surface area (Å²) in [4.78, 5) is 0. The molecule has 33 heavy (non-hydrogen) atoms. The average molecular weight is 465 g/mol. The fourth-order valence-electron chi connectivity index (χ4n) is 4.40. The highest BCUT2D eigenvalue weighted by Crippen LogP contribution is 2.37. The number of anilines is 1. The van der Waals surface area contributed by atoms with Crippen molar-refractivity contribution in [2.45, 2.75) is 34.1 Å². The minimum absolute atomic E-state index is 0.606. The fraction of sp³-hybridized carbons (Fsp3) is 0.308. The molecule has 4 aromatic rings. The molecule has 1 N–H and O–H groups in total. The minimum Gasteiger partial charge on any atom is -0.494 e. The first-order valence-corrected chi connectivity index (χ1v) is 11.5. The maximum absolute atomic E-state index is 6.12. The van der Waals surface area contributed by atoms with Gasteiger partial charge in [-0.15, -0.1) is 5.10 Å². The van der Waals surface area contributed by atoms with Crippen LogP contribution in [0.15, 0.2) is 42.5 Å². The molecule has 0 spiro atoms. The summed E-state index contributed by atoms with van der Waals surface area (Å²) in [6.07, 6.45) is 0.836. The van der Waals surface area contributed by atoms with E-state index < -0.39 is 0 Å². The smallest absolute Gasteiger partial charge is 0.158 e. The predicted molar refractivity (Wildman–Crippen MR) is 134 cm³/mol. The van der Waals surface area contributed by atoms with Crippen LogP contribution in [0.2, 0.25) is 5.02 Å². The van der Waals surface area contributed by atoms with Crippen molar-refractivity contribution < 1.29 is 9.47 Å². The minimum atomic E-state index is 0.606. The average Bonchev–Trinajstić information content (AvgIpc) is 3.07. The van der Waals surface area contributed by atoms with Crippen LogP contribution in [0.4, 0.5) is 5.82 Å². The van der Waals surface area contributed by atoms with Gasteiger partial charge >= 0.3 is 0 Å².